The van der Waals surface area contributed by atoms with Crippen LogP contribution in [0.4, 0.5) is 5.69 Å². The summed E-state index contributed by atoms with van der Waals surface area (Å²) in [7, 11) is -4.71. The van der Waals surface area contributed by atoms with Crippen LogP contribution in [-0.4, -0.2) is 48.7 Å². The van der Waals surface area contributed by atoms with E-state index in [2.05, 4.69) is 41.2 Å². The van der Waals surface area contributed by atoms with Crippen molar-refractivity contribution in [3.63, 3.8) is 0 Å². The van der Waals surface area contributed by atoms with E-state index in [-0.39, 0.29) is 27.6 Å². The van der Waals surface area contributed by atoms with Gasteiger partial charge in [-0.3, -0.25) is 4.79 Å². The molecule has 0 radical (unpaired) electrons. The van der Waals surface area contributed by atoms with Gasteiger partial charge in [0.25, 0.3) is 0 Å². The molecule has 180 valence electrons. The Balaban J connectivity index is 1.75. The van der Waals surface area contributed by atoms with Crippen molar-refractivity contribution in [1.29, 1.82) is 0 Å². The molecule has 4 atom stereocenters. The normalized spacial score (nSPS) is 33.0. The number of sulfonamides is 1. The highest BCUT2D eigenvalue weighted by Crippen LogP contribution is 2.60. The molecule has 3 aliphatic rings. The number of hydrazine groups is 1. The quantitative estimate of drug-likeness (QED) is 0.500. The van der Waals surface area contributed by atoms with Gasteiger partial charge in [-0.15, -0.1) is 0 Å². The molecule has 4 unspecified atom stereocenters. The van der Waals surface area contributed by atoms with E-state index in [0.717, 1.165) is 42.0 Å². The van der Waals surface area contributed by atoms with Crippen molar-refractivity contribution in [2.45, 2.75) is 87.5 Å². The van der Waals surface area contributed by atoms with Crippen molar-refractivity contribution in [1.82, 2.24) is 15.6 Å². The number of ketones is 1. The summed E-state index contributed by atoms with van der Waals surface area (Å²) in [5.74, 6) is 2.12. The number of nitrogens with one attached hydrogen (secondary N) is 3. The van der Waals surface area contributed by atoms with E-state index in [9.17, 15) is 13.2 Å². The lowest BCUT2D eigenvalue weighted by Crippen LogP contribution is -2.47. The second-order valence-corrected chi connectivity index (χ2v) is 15.7. The molecular weight excluding hydrogens is 444 g/mol. The van der Waals surface area contributed by atoms with Gasteiger partial charge in [-0.25, -0.2) is 24.0 Å². The summed E-state index contributed by atoms with van der Waals surface area (Å²) in [6, 6.07) is 5.30. The molecule has 1 saturated carbocycles. The summed E-state index contributed by atoms with van der Waals surface area (Å²) in [6.07, 6.45) is 4.05. The van der Waals surface area contributed by atoms with Crippen molar-refractivity contribution in [3.8, 4) is 0 Å². The smallest absolute Gasteiger partial charge is 0.241 e. The van der Waals surface area contributed by atoms with Gasteiger partial charge in [0, 0.05) is 17.8 Å². The molecule has 1 saturated heterocycles. The lowest BCUT2D eigenvalue weighted by atomic mass is 9.98. The number of carbonyl (C=O) groups excluding carboxylic acids is 1. The van der Waals surface area contributed by atoms with Gasteiger partial charge in [0.15, 0.2) is 0 Å². The van der Waals surface area contributed by atoms with E-state index in [1.165, 1.54) is 6.42 Å². The summed E-state index contributed by atoms with van der Waals surface area (Å²) >= 11 is 0. The lowest BCUT2D eigenvalue weighted by Gasteiger charge is -2.47. The summed E-state index contributed by atoms with van der Waals surface area (Å²) in [6.45, 7) is 10.9. The lowest BCUT2D eigenvalue weighted by molar-refractivity contribution is -0.118. The van der Waals surface area contributed by atoms with E-state index in [0.29, 0.717) is 11.9 Å². The van der Waals surface area contributed by atoms with Crippen LogP contribution in [0.1, 0.15) is 71.8 Å². The summed E-state index contributed by atoms with van der Waals surface area (Å²) < 4.78 is 29.0. The predicted molar refractivity (Wildman–Crippen MR) is 133 cm³/mol. The molecule has 2 heterocycles. The fourth-order valence-corrected chi connectivity index (χ4v) is 10.8. The van der Waals surface area contributed by atoms with Gasteiger partial charge in [0.05, 0.1) is 16.2 Å². The molecule has 7 nitrogen and oxygen atoms in total. The topological polar surface area (TPSA) is 90.5 Å². The highest BCUT2D eigenvalue weighted by molar-refractivity contribution is 8.34. The zero-order valence-corrected chi connectivity index (χ0v) is 21.5. The highest BCUT2D eigenvalue weighted by atomic mass is 32.3. The first-order valence-corrected chi connectivity index (χ1v) is 15.4. The molecule has 2 fully saturated rings. The van der Waals surface area contributed by atoms with Gasteiger partial charge in [0.2, 0.25) is 10.0 Å². The van der Waals surface area contributed by atoms with Crippen molar-refractivity contribution in [2.24, 2.45) is 0 Å². The van der Waals surface area contributed by atoms with Gasteiger partial charge in [-0.1, -0.05) is 26.3 Å². The third-order valence-corrected chi connectivity index (χ3v) is 14.1. The first-order valence-electron chi connectivity index (χ1n) is 11.8. The molecule has 0 bridgehead atoms. The summed E-state index contributed by atoms with van der Waals surface area (Å²) in [5, 5.41) is 0.354. The number of unbranched alkanes of at least 4 members (excludes halogenated alkanes) is 1. The maximum atomic E-state index is 13.1. The molecular formula is C23H38N4O3S2. The van der Waals surface area contributed by atoms with Crippen LogP contribution in [0.5, 0.6) is 0 Å². The van der Waals surface area contributed by atoms with E-state index in [1.807, 2.05) is 13.0 Å². The van der Waals surface area contributed by atoms with Gasteiger partial charge >= 0.3 is 0 Å². The molecule has 1 aliphatic carbocycles. The predicted octanol–water partition coefficient (Wildman–Crippen LogP) is 3.37. The van der Waals surface area contributed by atoms with Crippen LogP contribution >= 0.6 is 10.0 Å². The Morgan fingerprint density at radius 2 is 2.00 bits per heavy atom. The van der Waals surface area contributed by atoms with Crippen molar-refractivity contribution in [3.05, 3.63) is 23.8 Å². The highest BCUT2D eigenvalue weighted by Gasteiger charge is 2.48. The molecule has 0 amide bonds. The first-order chi connectivity index (χ1) is 15.1. The molecule has 0 aromatic heterocycles. The number of Topliss-reactive ketones (excluding diaryl/α,β-unsaturated/α-hetero) is 1. The molecule has 2 aliphatic heterocycles. The van der Waals surface area contributed by atoms with Crippen LogP contribution in [0.25, 0.3) is 0 Å². The maximum Gasteiger partial charge on any atom is 0.241 e. The van der Waals surface area contributed by atoms with Crippen molar-refractivity contribution < 1.29 is 13.2 Å². The fourth-order valence-electron chi connectivity index (χ4n) is 5.07. The summed E-state index contributed by atoms with van der Waals surface area (Å²) in [4.78, 5) is 15.1. The van der Waals surface area contributed by atoms with E-state index < -0.39 is 20.1 Å². The molecule has 1 aromatic rings. The second-order valence-electron chi connectivity index (χ2n) is 9.84. The van der Waals surface area contributed by atoms with Crippen molar-refractivity contribution in [2.75, 3.05) is 23.0 Å². The first kappa shape index (κ1) is 24.0. The third-order valence-electron chi connectivity index (χ3n) is 7.51. The minimum atomic E-state index is -3.61. The third kappa shape index (κ3) is 4.11. The largest absolute Gasteiger partial charge is 0.346 e. The summed E-state index contributed by atoms with van der Waals surface area (Å²) in [5.41, 5.74) is 8.59. The van der Waals surface area contributed by atoms with E-state index in [4.69, 9.17) is 0 Å². The number of rotatable bonds is 9. The number of hydrogen-bond donors (Lipinski definition) is 3. The Kier molecular flexibility index (Phi) is 6.44. The van der Waals surface area contributed by atoms with E-state index >= 15 is 0 Å². The number of anilines is 1. The van der Waals surface area contributed by atoms with Crippen LogP contribution < -0.4 is 20.5 Å². The van der Waals surface area contributed by atoms with Crippen LogP contribution in [0, 0.1) is 0 Å². The standard InChI is InChI=1S/C23H38N4O3S2/c1-6-8-13-31(7-2)17(4)24-25-22(31)27-15-20(16(3)28)19-10-9-18(14-21(19)27)32(29,30)26-23(5)11-12-23/h9-10,14,17,20,22,24-26H,6-8,11-13,15H2,1-5H3. The minimum absolute atomic E-state index is 0.0732. The number of nitrogens with zero attached hydrogens (tertiary/aromatic N) is 1. The molecule has 9 heteroatoms. The molecule has 3 N–H and O–H groups in total. The maximum absolute atomic E-state index is 13.1. The Hall–Kier alpha value is -1.13. The number of carbonyl (C=O) groups is 1. The Labute approximate surface area is 194 Å². The van der Waals surface area contributed by atoms with Crippen LogP contribution in [0.2, 0.25) is 0 Å². The van der Waals surface area contributed by atoms with E-state index in [1.54, 1.807) is 19.1 Å². The average Bonchev–Trinajstić information content (AvgIpc) is 3.20. The Morgan fingerprint density at radius 1 is 1.28 bits per heavy atom. The molecule has 32 heavy (non-hydrogen) atoms. The average molecular weight is 483 g/mol. The zero-order chi connectivity index (χ0) is 23.3. The van der Waals surface area contributed by atoms with Gasteiger partial charge in [-0.2, -0.15) is 10.0 Å². The number of fused-ring (bicyclic) bond motifs is 1. The fraction of sp³-hybridized carbons (Fsp3) is 0.696. The zero-order valence-electron chi connectivity index (χ0n) is 19.9. The molecule has 4 rings (SSSR count). The van der Waals surface area contributed by atoms with Crippen LogP contribution in [0.15, 0.2) is 23.1 Å². The number of benzene rings is 1. The number of hydrogen-bond acceptors (Lipinski definition) is 6. The van der Waals surface area contributed by atoms with Gasteiger partial charge in [-0.05, 0) is 69.2 Å². The van der Waals surface area contributed by atoms with Gasteiger partial charge < -0.3 is 4.90 Å². The molecule has 1 aromatic carbocycles. The minimum Gasteiger partial charge on any atom is -0.346 e. The van der Waals surface area contributed by atoms with Crippen molar-refractivity contribution >= 4 is 31.5 Å². The molecule has 0 spiro atoms. The SMILES string of the molecule is CCCCS1(CC)C(C)NNC1N1CC(C(C)=O)c2ccc(S(=O)(=O)NC3(C)CC3)cc21. The van der Waals surface area contributed by atoms with Crippen LogP contribution in [0.3, 0.4) is 0 Å². The Morgan fingerprint density at radius 3 is 2.59 bits per heavy atom. The van der Waals surface area contributed by atoms with Gasteiger partial charge in [0.1, 0.15) is 11.3 Å². The monoisotopic (exact) mass is 482 g/mol. The van der Waals surface area contributed by atoms with Crippen LogP contribution in [-0.2, 0) is 14.8 Å². The second kappa shape index (κ2) is 8.58. The Bertz CT molecular complexity index is 995.